The van der Waals surface area contributed by atoms with Crippen LogP contribution in [0.5, 0.6) is 0 Å². The van der Waals surface area contributed by atoms with Crippen LogP contribution in [0.4, 0.5) is 6.01 Å². The van der Waals surface area contributed by atoms with E-state index < -0.39 is 0 Å². The van der Waals surface area contributed by atoms with Gasteiger partial charge in [-0.05, 0) is 26.3 Å². The number of rotatable bonds is 6. The van der Waals surface area contributed by atoms with Gasteiger partial charge in [0.25, 0.3) is 0 Å². The number of nitrogens with zero attached hydrogens (tertiary/aromatic N) is 5. The topological polar surface area (TPSA) is 58.3 Å². The third-order valence-corrected chi connectivity index (χ3v) is 5.25. The van der Waals surface area contributed by atoms with Crippen LogP contribution < -0.4 is 4.90 Å². The lowest BCUT2D eigenvalue weighted by molar-refractivity contribution is 0.280. The summed E-state index contributed by atoms with van der Waals surface area (Å²) in [5.74, 6) is 1.74. The van der Waals surface area contributed by atoms with Gasteiger partial charge in [-0.2, -0.15) is 4.98 Å². The van der Waals surface area contributed by atoms with Gasteiger partial charge in [-0.3, -0.25) is 0 Å². The van der Waals surface area contributed by atoms with Gasteiger partial charge in [-0.1, -0.05) is 19.0 Å². The quantitative estimate of drug-likeness (QED) is 0.809. The Bertz CT molecular complexity index is 638. The van der Waals surface area contributed by atoms with Crippen LogP contribution in [0, 0.1) is 12.8 Å². The summed E-state index contributed by atoms with van der Waals surface area (Å²) in [4.78, 5) is 14.8. The normalized spacial score (nSPS) is 18.5. The fourth-order valence-corrected chi connectivity index (χ4v) is 3.83. The zero-order chi connectivity index (χ0) is 16.4. The first kappa shape index (κ1) is 16.4. The molecule has 1 aliphatic heterocycles. The van der Waals surface area contributed by atoms with E-state index >= 15 is 0 Å². The second kappa shape index (κ2) is 6.97. The molecule has 2 aromatic rings. The minimum Gasteiger partial charge on any atom is -0.324 e. The Hall–Kier alpha value is -1.47. The molecule has 0 bridgehead atoms. The fourth-order valence-electron chi connectivity index (χ4n) is 2.97. The van der Waals surface area contributed by atoms with Crippen molar-refractivity contribution in [2.24, 2.45) is 5.92 Å². The molecule has 23 heavy (non-hydrogen) atoms. The van der Waals surface area contributed by atoms with Gasteiger partial charge in [0.1, 0.15) is 0 Å². The van der Waals surface area contributed by atoms with Crippen LogP contribution in [0.3, 0.4) is 0 Å². The molecule has 7 heteroatoms. The van der Waals surface area contributed by atoms with Crippen LogP contribution >= 0.6 is 11.3 Å². The summed E-state index contributed by atoms with van der Waals surface area (Å²) in [5, 5.41) is 4.06. The Kier molecular flexibility index (Phi) is 4.96. The van der Waals surface area contributed by atoms with Crippen LogP contribution in [0.25, 0.3) is 0 Å². The van der Waals surface area contributed by atoms with E-state index in [-0.39, 0.29) is 0 Å². The molecule has 0 aromatic carbocycles. The summed E-state index contributed by atoms with van der Waals surface area (Å²) in [6, 6.07) is 0.678. The van der Waals surface area contributed by atoms with Crippen molar-refractivity contribution in [1.82, 2.24) is 20.0 Å². The van der Waals surface area contributed by atoms with Gasteiger partial charge in [-0.25, -0.2) is 4.98 Å². The lowest BCUT2D eigenvalue weighted by Gasteiger charge is -2.20. The number of aromatic nitrogens is 3. The highest BCUT2D eigenvalue weighted by Crippen LogP contribution is 2.25. The van der Waals surface area contributed by atoms with Crippen LogP contribution in [0.2, 0.25) is 0 Å². The average Bonchev–Trinajstić information content (AvgIpc) is 3.20. The molecule has 0 spiro atoms. The number of aryl methyl sites for hydroxylation is 1. The molecule has 0 radical (unpaired) electrons. The first-order valence-corrected chi connectivity index (χ1v) is 9.07. The molecule has 1 saturated heterocycles. The van der Waals surface area contributed by atoms with Crippen molar-refractivity contribution < 1.29 is 4.52 Å². The van der Waals surface area contributed by atoms with Crippen molar-refractivity contribution in [1.29, 1.82) is 0 Å². The third-order valence-electron chi connectivity index (χ3n) is 4.33. The Morgan fingerprint density at radius 1 is 1.48 bits per heavy atom. The second-order valence-corrected chi connectivity index (χ2v) is 7.69. The number of hydrogen-bond donors (Lipinski definition) is 0. The van der Waals surface area contributed by atoms with E-state index in [1.165, 1.54) is 11.3 Å². The Morgan fingerprint density at radius 3 is 2.96 bits per heavy atom. The number of hydrogen-bond acceptors (Lipinski definition) is 7. The molecule has 0 saturated carbocycles. The maximum atomic E-state index is 5.41. The van der Waals surface area contributed by atoms with Gasteiger partial charge in [-0.15, -0.1) is 11.3 Å². The Morgan fingerprint density at radius 2 is 2.30 bits per heavy atom. The lowest BCUT2D eigenvalue weighted by Crippen LogP contribution is -2.28. The molecule has 0 N–H and O–H groups in total. The minimum absolute atomic E-state index is 0.305. The Labute approximate surface area is 141 Å². The number of anilines is 1. The van der Waals surface area contributed by atoms with E-state index in [0.717, 1.165) is 37.7 Å². The highest BCUT2D eigenvalue weighted by molar-refractivity contribution is 7.09. The van der Waals surface area contributed by atoms with E-state index in [2.05, 4.69) is 52.7 Å². The molecule has 0 amide bonds. The van der Waals surface area contributed by atoms with Crippen molar-refractivity contribution >= 4 is 17.4 Å². The van der Waals surface area contributed by atoms with Gasteiger partial charge >= 0.3 is 6.01 Å². The molecule has 6 nitrogen and oxygen atoms in total. The summed E-state index contributed by atoms with van der Waals surface area (Å²) >= 11 is 1.74. The predicted molar refractivity (Wildman–Crippen MR) is 91.9 cm³/mol. The summed E-state index contributed by atoms with van der Waals surface area (Å²) in [6.45, 7) is 10.3. The number of thiazole rings is 1. The fraction of sp³-hybridized carbons (Fsp3) is 0.688. The van der Waals surface area contributed by atoms with Gasteiger partial charge in [0.15, 0.2) is 5.82 Å². The van der Waals surface area contributed by atoms with E-state index in [4.69, 9.17) is 4.52 Å². The van der Waals surface area contributed by atoms with E-state index in [0.29, 0.717) is 17.9 Å². The van der Waals surface area contributed by atoms with Crippen LogP contribution in [-0.4, -0.2) is 46.7 Å². The van der Waals surface area contributed by atoms with Gasteiger partial charge in [0.2, 0.25) is 0 Å². The Balaban J connectivity index is 1.52. The van der Waals surface area contributed by atoms with Crippen LogP contribution in [-0.2, 0) is 6.54 Å². The SMILES string of the molecule is Cc1ncsc1CN(C)C[C@H]1CCN(c2nc(C(C)C)no2)C1. The van der Waals surface area contributed by atoms with E-state index in [9.17, 15) is 0 Å². The van der Waals surface area contributed by atoms with Crippen molar-refractivity contribution in [2.45, 2.75) is 39.7 Å². The minimum atomic E-state index is 0.305. The maximum absolute atomic E-state index is 5.41. The maximum Gasteiger partial charge on any atom is 0.324 e. The molecule has 2 aromatic heterocycles. The summed E-state index contributed by atoms with van der Waals surface area (Å²) in [7, 11) is 2.19. The van der Waals surface area contributed by atoms with Gasteiger partial charge in [0.05, 0.1) is 11.2 Å². The molecule has 0 unspecified atom stereocenters. The molecule has 1 aliphatic rings. The monoisotopic (exact) mass is 335 g/mol. The third kappa shape index (κ3) is 3.90. The lowest BCUT2D eigenvalue weighted by atomic mass is 10.1. The predicted octanol–water partition coefficient (Wildman–Crippen LogP) is 2.92. The van der Waals surface area contributed by atoms with Crippen molar-refractivity contribution in [3.05, 3.63) is 21.9 Å². The second-order valence-electron chi connectivity index (χ2n) is 6.75. The largest absolute Gasteiger partial charge is 0.324 e. The van der Waals surface area contributed by atoms with Crippen LogP contribution in [0.1, 0.15) is 42.6 Å². The molecule has 126 valence electrons. The standard InChI is InChI=1S/C16H25N5OS/c1-11(2)15-18-16(22-19-15)21-6-5-13(8-21)7-20(4)9-14-12(3)17-10-23-14/h10-11,13H,5-9H2,1-4H3/t13-/m1/s1. The first-order chi connectivity index (χ1) is 11.0. The van der Waals surface area contributed by atoms with Crippen molar-refractivity contribution in [2.75, 3.05) is 31.6 Å². The highest BCUT2D eigenvalue weighted by Gasteiger charge is 2.27. The average molecular weight is 335 g/mol. The molecular formula is C16H25N5OS. The summed E-state index contributed by atoms with van der Waals surface area (Å²) in [6.07, 6.45) is 1.17. The zero-order valence-corrected chi connectivity index (χ0v) is 15.1. The molecule has 1 fully saturated rings. The molecule has 0 aliphatic carbocycles. The van der Waals surface area contributed by atoms with Crippen LogP contribution in [0.15, 0.2) is 10.0 Å². The van der Waals surface area contributed by atoms with Crippen molar-refractivity contribution in [3.8, 4) is 0 Å². The van der Waals surface area contributed by atoms with E-state index in [1.807, 2.05) is 5.51 Å². The highest BCUT2D eigenvalue weighted by atomic mass is 32.1. The molecule has 1 atom stereocenters. The van der Waals surface area contributed by atoms with Crippen molar-refractivity contribution in [3.63, 3.8) is 0 Å². The summed E-state index contributed by atoms with van der Waals surface area (Å²) in [5.41, 5.74) is 3.08. The zero-order valence-electron chi connectivity index (χ0n) is 14.3. The first-order valence-electron chi connectivity index (χ1n) is 8.19. The molecule has 3 rings (SSSR count). The molecule has 3 heterocycles. The van der Waals surface area contributed by atoms with Gasteiger partial charge < -0.3 is 14.3 Å². The smallest absolute Gasteiger partial charge is 0.324 e. The summed E-state index contributed by atoms with van der Waals surface area (Å²) < 4.78 is 5.41. The van der Waals surface area contributed by atoms with E-state index in [1.54, 1.807) is 11.3 Å². The van der Waals surface area contributed by atoms with Gasteiger partial charge in [0, 0.05) is 37.0 Å². The molecular weight excluding hydrogens is 310 g/mol.